The number of halogens is 2. The summed E-state index contributed by atoms with van der Waals surface area (Å²) in [5.41, 5.74) is 1.42. The summed E-state index contributed by atoms with van der Waals surface area (Å²) in [5, 5.41) is 15.6. The summed E-state index contributed by atoms with van der Waals surface area (Å²) in [4.78, 5) is 37.0. The van der Waals surface area contributed by atoms with Gasteiger partial charge in [-0.2, -0.15) is 0 Å². The fourth-order valence-corrected chi connectivity index (χ4v) is 3.27. The summed E-state index contributed by atoms with van der Waals surface area (Å²) in [5.74, 6) is -3.90. The molecule has 0 bridgehead atoms. The highest BCUT2D eigenvalue weighted by molar-refractivity contribution is 6.30. The number of benzene rings is 2. The Balaban J connectivity index is 1.60. The highest BCUT2D eigenvalue weighted by atomic mass is 35.5. The van der Waals surface area contributed by atoms with E-state index in [1.165, 1.54) is 24.0 Å². The van der Waals surface area contributed by atoms with Gasteiger partial charge in [-0.05, 0) is 48.0 Å². The third-order valence-corrected chi connectivity index (χ3v) is 4.59. The first-order valence-electron chi connectivity index (χ1n) is 9.00. The van der Waals surface area contributed by atoms with Gasteiger partial charge in [0.2, 0.25) is 5.91 Å². The van der Waals surface area contributed by atoms with E-state index in [1.54, 1.807) is 24.3 Å². The van der Waals surface area contributed by atoms with Crippen molar-refractivity contribution in [2.24, 2.45) is 0 Å². The van der Waals surface area contributed by atoms with E-state index >= 15 is 0 Å². The maximum Gasteiger partial charge on any atom is 0.410 e. The van der Waals surface area contributed by atoms with Gasteiger partial charge in [-0.15, -0.1) is 0 Å². The third-order valence-electron chi connectivity index (χ3n) is 4.37. The minimum Gasteiger partial charge on any atom is -0.407 e. The topological polar surface area (TPSA) is 108 Å². The summed E-state index contributed by atoms with van der Waals surface area (Å²) in [7, 11) is 0. The Kier molecular flexibility index (Phi) is 6.23. The second kappa shape index (κ2) is 8.68. The van der Waals surface area contributed by atoms with Crippen LogP contribution in [0.5, 0.6) is 0 Å². The molecule has 2 aromatic rings. The lowest BCUT2D eigenvalue weighted by Gasteiger charge is -2.22. The first-order chi connectivity index (χ1) is 14.2. The highest BCUT2D eigenvalue weighted by Gasteiger charge is 2.49. The first kappa shape index (κ1) is 21.5. The van der Waals surface area contributed by atoms with Crippen LogP contribution < -0.4 is 15.5 Å². The molecule has 0 spiro atoms. The van der Waals surface area contributed by atoms with Gasteiger partial charge in [-0.25, -0.2) is 9.18 Å². The number of amides is 3. The standard InChI is InChI=1S/C20H19ClFN3O5/c1-12(26)24-16-2-4-17(5-3-16)25-7-6-20(29,18(25)27)30-19(28)23-11-13-8-14(21)10-15(22)9-13/h2-5,8-10,29H,6-7,11H2,1H3,(H,23,28)(H,24,26)/t20-/m0/s1. The molecule has 2 aromatic carbocycles. The molecule has 8 nitrogen and oxygen atoms in total. The predicted octanol–water partition coefficient (Wildman–Crippen LogP) is 2.79. The van der Waals surface area contributed by atoms with Crippen LogP contribution in [0.2, 0.25) is 5.02 Å². The average Bonchev–Trinajstić information content (AvgIpc) is 2.94. The second-order valence-electron chi connectivity index (χ2n) is 6.74. The fraction of sp³-hybridized carbons (Fsp3) is 0.250. The number of anilines is 2. The number of carbonyl (C=O) groups is 3. The van der Waals surface area contributed by atoms with Crippen LogP contribution in [0.25, 0.3) is 0 Å². The van der Waals surface area contributed by atoms with Crippen LogP contribution in [-0.2, 0) is 20.9 Å². The summed E-state index contributed by atoms with van der Waals surface area (Å²) >= 11 is 5.76. The van der Waals surface area contributed by atoms with E-state index in [1.807, 2.05) is 0 Å². The van der Waals surface area contributed by atoms with E-state index in [0.29, 0.717) is 16.9 Å². The molecule has 158 valence electrons. The first-order valence-corrected chi connectivity index (χ1v) is 9.38. The molecule has 1 aliphatic heterocycles. The number of ether oxygens (including phenoxy) is 1. The van der Waals surface area contributed by atoms with Crippen molar-refractivity contribution >= 4 is 40.9 Å². The molecule has 10 heteroatoms. The molecule has 0 saturated carbocycles. The Labute approximate surface area is 176 Å². The number of alkyl carbamates (subject to hydrolysis) is 1. The lowest BCUT2D eigenvalue weighted by molar-refractivity contribution is -0.175. The van der Waals surface area contributed by atoms with Crippen molar-refractivity contribution in [3.63, 3.8) is 0 Å². The van der Waals surface area contributed by atoms with Crippen LogP contribution in [0.1, 0.15) is 18.9 Å². The van der Waals surface area contributed by atoms with Gasteiger partial charge in [0.1, 0.15) is 5.82 Å². The smallest absolute Gasteiger partial charge is 0.407 e. The van der Waals surface area contributed by atoms with Crippen LogP contribution in [0.15, 0.2) is 42.5 Å². The Bertz CT molecular complexity index is 965. The molecule has 1 saturated heterocycles. The van der Waals surface area contributed by atoms with Crippen molar-refractivity contribution in [3.8, 4) is 0 Å². The van der Waals surface area contributed by atoms with Crippen molar-refractivity contribution in [2.75, 3.05) is 16.8 Å². The van der Waals surface area contributed by atoms with Gasteiger partial charge in [0.25, 0.3) is 11.7 Å². The van der Waals surface area contributed by atoms with Gasteiger partial charge < -0.3 is 25.4 Å². The molecule has 0 unspecified atom stereocenters. The van der Waals surface area contributed by atoms with Crippen molar-refractivity contribution in [1.29, 1.82) is 0 Å². The molecular formula is C20H19ClFN3O5. The minimum atomic E-state index is -2.32. The SMILES string of the molecule is CC(=O)Nc1ccc(N2CC[C@](O)(OC(=O)NCc3cc(F)cc(Cl)c3)C2=O)cc1. The van der Waals surface area contributed by atoms with Crippen LogP contribution in [0, 0.1) is 5.82 Å². The van der Waals surface area contributed by atoms with Crippen LogP contribution >= 0.6 is 11.6 Å². The Morgan fingerprint density at radius 3 is 2.60 bits per heavy atom. The normalized spacial score (nSPS) is 18.3. The van der Waals surface area contributed by atoms with Crippen molar-refractivity contribution in [1.82, 2.24) is 5.32 Å². The van der Waals surface area contributed by atoms with E-state index in [2.05, 4.69) is 10.6 Å². The molecular weight excluding hydrogens is 417 g/mol. The minimum absolute atomic E-state index is 0.102. The zero-order chi connectivity index (χ0) is 21.9. The molecule has 3 rings (SSSR count). The molecule has 1 heterocycles. The molecule has 30 heavy (non-hydrogen) atoms. The summed E-state index contributed by atoms with van der Waals surface area (Å²) in [6.07, 6.45) is -1.16. The number of nitrogens with one attached hydrogen (secondary N) is 2. The second-order valence-corrected chi connectivity index (χ2v) is 7.18. The molecule has 1 atom stereocenters. The van der Waals surface area contributed by atoms with E-state index in [-0.39, 0.29) is 30.4 Å². The van der Waals surface area contributed by atoms with Crippen molar-refractivity contribution < 1.29 is 28.6 Å². The Hall–Kier alpha value is -3.17. The highest BCUT2D eigenvalue weighted by Crippen LogP contribution is 2.30. The number of hydrogen-bond donors (Lipinski definition) is 3. The summed E-state index contributed by atoms with van der Waals surface area (Å²) in [6.45, 7) is 1.40. The van der Waals surface area contributed by atoms with Gasteiger partial charge in [0.15, 0.2) is 0 Å². The Morgan fingerprint density at radius 2 is 1.97 bits per heavy atom. The van der Waals surface area contributed by atoms with Gasteiger partial charge in [0, 0.05) is 42.8 Å². The molecule has 3 N–H and O–H groups in total. The van der Waals surface area contributed by atoms with E-state index in [9.17, 15) is 23.9 Å². The van der Waals surface area contributed by atoms with Crippen LogP contribution in [-0.4, -0.2) is 35.3 Å². The van der Waals surface area contributed by atoms with E-state index in [0.717, 1.165) is 6.07 Å². The van der Waals surface area contributed by atoms with Crippen molar-refractivity contribution in [2.45, 2.75) is 25.7 Å². The lowest BCUT2D eigenvalue weighted by Crippen LogP contribution is -2.46. The molecule has 1 fully saturated rings. The third kappa shape index (κ3) is 5.05. The quantitative estimate of drug-likeness (QED) is 0.626. The molecule has 0 radical (unpaired) electrons. The Morgan fingerprint density at radius 1 is 1.27 bits per heavy atom. The van der Waals surface area contributed by atoms with Crippen LogP contribution in [0.4, 0.5) is 20.6 Å². The van der Waals surface area contributed by atoms with Gasteiger partial charge >= 0.3 is 6.09 Å². The summed E-state index contributed by atoms with van der Waals surface area (Å²) in [6, 6.07) is 10.2. The maximum atomic E-state index is 13.3. The number of hydrogen-bond acceptors (Lipinski definition) is 5. The fourth-order valence-electron chi connectivity index (χ4n) is 3.03. The van der Waals surface area contributed by atoms with E-state index in [4.69, 9.17) is 16.3 Å². The van der Waals surface area contributed by atoms with Gasteiger partial charge in [-0.1, -0.05) is 11.6 Å². The van der Waals surface area contributed by atoms with Gasteiger partial charge in [-0.3, -0.25) is 9.59 Å². The largest absolute Gasteiger partial charge is 0.410 e. The predicted molar refractivity (Wildman–Crippen MR) is 107 cm³/mol. The molecule has 0 aliphatic carbocycles. The van der Waals surface area contributed by atoms with E-state index < -0.39 is 23.6 Å². The number of aliphatic hydroxyl groups is 1. The number of rotatable bonds is 5. The average molecular weight is 436 g/mol. The monoisotopic (exact) mass is 435 g/mol. The molecule has 3 amide bonds. The molecule has 1 aliphatic rings. The summed E-state index contributed by atoms with van der Waals surface area (Å²) < 4.78 is 18.3. The number of nitrogens with zero attached hydrogens (tertiary/aromatic N) is 1. The zero-order valence-electron chi connectivity index (χ0n) is 15.9. The maximum absolute atomic E-state index is 13.3. The molecule has 0 aromatic heterocycles. The van der Waals surface area contributed by atoms with Gasteiger partial charge in [0.05, 0.1) is 0 Å². The van der Waals surface area contributed by atoms with Crippen molar-refractivity contribution in [3.05, 3.63) is 58.9 Å². The lowest BCUT2D eigenvalue weighted by atomic mass is 10.2. The zero-order valence-corrected chi connectivity index (χ0v) is 16.7. The number of carbonyl (C=O) groups excluding carboxylic acids is 3. The van der Waals surface area contributed by atoms with Crippen LogP contribution in [0.3, 0.4) is 0 Å².